The summed E-state index contributed by atoms with van der Waals surface area (Å²) in [4.78, 5) is 28.5. The first-order valence-corrected chi connectivity index (χ1v) is 8.10. The van der Waals surface area contributed by atoms with Gasteiger partial charge in [-0.25, -0.2) is 10.1 Å². The normalized spacial score (nSPS) is 11.0. The molecule has 3 aromatic rings. The molecule has 7 heteroatoms. The number of aryl methyl sites for hydroxylation is 3. The van der Waals surface area contributed by atoms with Crippen LogP contribution in [-0.4, -0.2) is 26.9 Å². The van der Waals surface area contributed by atoms with Crippen LogP contribution >= 0.6 is 0 Å². The Morgan fingerprint density at radius 1 is 1.27 bits per heavy atom. The molecule has 0 aliphatic heterocycles. The molecule has 3 rings (SSSR count). The summed E-state index contributed by atoms with van der Waals surface area (Å²) in [6, 6.07) is 9.16. The number of hydrogen-bond acceptors (Lipinski definition) is 4. The molecule has 0 bridgehead atoms. The SMILES string of the molecule is Cc1ccc(-n2[nH]c(C)c(C=NNC(=O)c3cccnc3)c2=O)c(C)c1. The molecule has 132 valence electrons. The second-order valence-electron chi connectivity index (χ2n) is 6.02. The Balaban J connectivity index is 1.84. The van der Waals surface area contributed by atoms with Crippen molar-refractivity contribution in [1.82, 2.24) is 20.2 Å². The Hall–Kier alpha value is -3.48. The summed E-state index contributed by atoms with van der Waals surface area (Å²) in [5.41, 5.74) is 6.50. The zero-order chi connectivity index (χ0) is 18.7. The summed E-state index contributed by atoms with van der Waals surface area (Å²) in [5.74, 6) is -0.391. The van der Waals surface area contributed by atoms with Crippen molar-refractivity contribution < 1.29 is 4.79 Å². The van der Waals surface area contributed by atoms with Gasteiger partial charge in [0.15, 0.2) is 0 Å². The van der Waals surface area contributed by atoms with Gasteiger partial charge in [0.25, 0.3) is 11.5 Å². The lowest BCUT2D eigenvalue weighted by Gasteiger charge is -2.06. The van der Waals surface area contributed by atoms with Crippen LogP contribution in [0.4, 0.5) is 0 Å². The first kappa shape index (κ1) is 17.3. The minimum Gasteiger partial charge on any atom is -0.295 e. The number of aromatic nitrogens is 3. The molecular weight excluding hydrogens is 330 g/mol. The van der Waals surface area contributed by atoms with Crippen molar-refractivity contribution in [2.24, 2.45) is 5.10 Å². The molecule has 0 aliphatic rings. The Morgan fingerprint density at radius 3 is 2.77 bits per heavy atom. The fourth-order valence-corrected chi connectivity index (χ4v) is 2.65. The summed E-state index contributed by atoms with van der Waals surface area (Å²) in [7, 11) is 0. The van der Waals surface area contributed by atoms with Crippen LogP contribution in [-0.2, 0) is 0 Å². The molecule has 7 nitrogen and oxygen atoms in total. The van der Waals surface area contributed by atoms with E-state index in [-0.39, 0.29) is 5.56 Å². The van der Waals surface area contributed by atoms with Gasteiger partial charge in [0.1, 0.15) is 0 Å². The van der Waals surface area contributed by atoms with E-state index >= 15 is 0 Å². The molecular formula is C19H19N5O2. The van der Waals surface area contributed by atoms with Crippen LogP contribution < -0.4 is 11.0 Å². The van der Waals surface area contributed by atoms with E-state index < -0.39 is 5.91 Å². The van der Waals surface area contributed by atoms with E-state index in [1.807, 2.05) is 32.0 Å². The number of rotatable bonds is 4. The first-order valence-electron chi connectivity index (χ1n) is 8.10. The molecule has 0 fully saturated rings. The molecule has 0 unspecified atom stereocenters. The van der Waals surface area contributed by atoms with Crippen molar-refractivity contribution >= 4 is 12.1 Å². The van der Waals surface area contributed by atoms with E-state index in [4.69, 9.17) is 0 Å². The van der Waals surface area contributed by atoms with Gasteiger partial charge in [0.05, 0.1) is 23.0 Å². The highest BCUT2D eigenvalue weighted by Crippen LogP contribution is 2.14. The van der Waals surface area contributed by atoms with Crippen LogP contribution in [0, 0.1) is 20.8 Å². The van der Waals surface area contributed by atoms with Gasteiger partial charge in [-0.1, -0.05) is 17.7 Å². The van der Waals surface area contributed by atoms with Crippen molar-refractivity contribution in [3.63, 3.8) is 0 Å². The lowest BCUT2D eigenvalue weighted by Crippen LogP contribution is -2.20. The average Bonchev–Trinajstić information content (AvgIpc) is 2.90. The highest BCUT2D eigenvalue weighted by molar-refractivity contribution is 5.94. The number of carbonyl (C=O) groups is 1. The molecule has 2 aromatic heterocycles. The largest absolute Gasteiger partial charge is 0.295 e. The van der Waals surface area contributed by atoms with E-state index in [2.05, 4.69) is 20.6 Å². The minimum absolute atomic E-state index is 0.228. The maximum atomic E-state index is 12.7. The average molecular weight is 349 g/mol. The molecule has 2 heterocycles. The van der Waals surface area contributed by atoms with Crippen molar-refractivity contribution in [3.8, 4) is 5.69 Å². The lowest BCUT2D eigenvalue weighted by atomic mass is 10.1. The van der Waals surface area contributed by atoms with Crippen LogP contribution in [0.2, 0.25) is 0 Å². The highest BCUT2D eigenvalue weighted by atomic mass is 16.2. The molecule has 0 radical (unpaired) electrons. The Labute approximate surface area is 150 Å². The van der Waals surface area contributed by atoms with E-state index in [9.17, 15) is 9.59 Å². The summed E-state index contributed by atoms with van der Waals surface area (Å²) in [5, 5.41) is 6.95. The Bertz CT molecular complexity index is 1030. The van der Waals surface area contributed by atoms with Crippen molar-refractivity contribution in [2.45, 2.75) is 20.8 Å². The minimum atomic E-state index is -0.391. The number of hydrogen-bond donors (Lipinski definition) is 2. The maximum absolute atomic E-state index is 12.7. The highest BCUT2D eigenvalue weighted by Gasteiger charge is 2.12. The Morgan fingerprint density at radius 2 is 2.08 bits per heavy atom. The zero-order valence-electron chi connectivity index (χ0n) is 14.8. The summed E-state index contributed by atoms with van der Waals surface area (Å²) >= 11 is 0. The van der Waals surface area contributed by atoms with Gasteiger partial charge in [0, 0.05) is 18.1 Å². The van der Waals surface area contributed by atoms with Crippen LogP contribution in [0.5, 0.6) is 0 Å². The monoisotopic (exact) mass is 349 g/mol. The Kier molecular flexibility index (Phi) is 4.79. The number of aromatic amines is 1. The predicted molar refractivity (Wildman–Crippen MR) is 99.9 cm³/mol. The number of nitrogens with one attached hydrogen (secondary N) is 2. The number of pyridine rings is 1. The zero-order valence-corrected chi connectivity index (χ0v) is 14.8. The van der Waals surface area contributed by atoms with Crippen molar-refractivity contribution in [1.29, 1.82) is 0 Å². The molecule has 2 N–H and O–H groups in total. The van der Waals surface area contributed by atoms with Gasteiger partial charge in [-0.15, -0.1) is 0 Å². The quantitative estimate of drug-likeness (QED) is 0.559. The molecule has 0 saturated carbocycles. The third-order valence-corrected chi connectivity index (χ3v) is 3.99. The van der Waals surface area contributed by atoms with Crippen LogP contribution in [0.25, 0.3) is 5.69 Å². The summed E-state index contributed by atoms with van der Waals surface area (Å²) in [6.07, 6.45) is 4.38. The number of carbonyl (C=O) groups excluding carboxylic acids is 1. The van der Waals surface area contributed by atoms with Crippen LogP contribution in [0.1, 0.15) is 32.7 Å². The molecule has 26 heavy (non-hydrogen) atoms. The summed E-state index contributed by atoms with van der Waals surface area (Å²) < 4.78 is 1.48. The topological polar surface area (TPSA) is 92.1 Å². The molecule has 0 aliphatic carbocycles. The van der Waals surface area contributed by atoms with E-state index in [1.165, 1.54) is 17.1 Å². The number of nitrogens with zero attached hydrogens (tertiary/aromatic N) is 3. The maximum Gasteiger partial charge on any atom is 0.280 e. The number of amides is 1. The van der Waals surface area contributed by atoms with E-state index in [0.29, 0.717) is 16.8 Å². The molecule has 1 aromatic carbocycles. The van der Waals surface area contributed by atoms with Gasteiger partial charge in [-0.05, 0) is 44.5 Å². The molecule has 0 spiro atoms. The predicted octanol–water partition coefficient (Wildman–Crippen LogP) is 2.25. The van der Waals surface area contributed by atoms with E-state index in [0.717, 1.165) is 16.8 Å². The van der Waals surface area contributed by atoms with Gasteiger partial charge in [-0.3, -0.25) is 19.7 Å². The summed E-state index contributed by atoms with van der Waals surface area (Å²) in [6.45, 7) is 5.74. The number of H-pyrrole nitrogens is 1. The van der Waals surface area contributed by atoms with Crippen molar-refractivity contribution in [3.05, 3.63) is 81.0 Å². The smallest absolute Gasteiger partial charge is 0.280 e. The molecule has 0 atom stereocenters. The number of benzene rings is 1. The molecule has 0 saturated heterocycles. The van der Waals surface area contributed by atoms with Gasteiger partial charge in [-0.2, -0.15) is 5.10 Å². The van der Waals surface area contributed by atoms with Gasteiger partial charge in [0.2, 0.25) is 0 Å². The second kappa shape index (κ2) is 7.18. The second-order valence-corrected chi connectivity index (χ2v) is 6.02. The van der Waals surface area contributed by atoms with Crippen molar-refractivity contribution in [2.75, 3.05) is 0 Å². The number of hydrazone groups is 1. The first-order chi connectivity index (χ1) is 12.5. The lowest BCUT2D eigenvalue weighted by molar-refractivity contribution is 0.0955. The fraction of sp³-hybridized carbons (Fsp3) is 0.158. The standard InChI is InChI=1S/C19H19N5O2/c1-12-6-7-17(13(2)9-12)24-19(26)16(14(3)23-24)11-21-22-18(25)15-5-4-8-20-10-15/h4-11,23H,1-3H3,(H,22,25). The van der Waals surface area contributed by atoms with Crippen LogP contribution in [0.3, 0.4) is 0 Å². The van der Waals surface area contributed by atoms with Crippen LogP contribution in [0.15, 0.2) is 52.6 Å². The third-order valence-electron chi connectivity index (χ3n) is 3.99. The fourth-order valence-electron chi connectivity index (χ4n) is 2.65. The van der Waals surface area contributed by atoms with Gasteiger partial charge >= 0.3 is 0 Å². The molecule has 1 amide bonds. The van der Waals surface area contributed by atoms with Gasteiger partial charge < -0.3 is 0 Å². The van der Waals surface area contributed by atoms with E-state index in [1.54, 1.807) is 25.3 Å². The third kappa shape index (κ3) is 3.46.